The van der Waals surface area contributed by atoms with Crippen LogP contribution >= 0.6 is 0 Å². The Morgan fingerprint density at radius 1 is 0.744 bits per heavy atom. The van der Waals surface area contributed by atoms with E-state index < -0.39 is 29.4 Å². The number of esters is 2. The number of ether oxygens (including phenoxy) is 2. The quantitative estimate of drug-likeness (QED) is 0.301. The van der Waals surface area contributed by atoms with Gasteiger partial charge in [0.15, 0.2) is 0 Å². The zero-order valence-corrected chi connectivity index (χ0v) is 23.3. The number of rotatable bonds is 12. The summed E-state index contributed by atoms with van der Waals surface area (Å²) in [5, 5.41) is 2.95. The Kier molecular flexibility index (Phi) is 10.9. The van der Waals surface area contributed by atoms with Gasteiger partial charge in [0.05, 0.1) is 25.4 Å². The lowest BCUT2D eigenvalue weighted by molar-refractivity contribution is -0.160. The van der Waals surface area contributed by atoms with Crippen molar-refractivity contribution in [2.45, 2.75) is 52.1 Å². The molecule has 0 aliphatic heterocycles. The number of benzene rings is 3. The Labute approximate surface area is 231 Å². The van der Waals surface area contributed by atoms with E-state index in [1.807, 2.05) is 60.7 Å². The van der Waals surface area contributed by atoms with E-state index in [9.17, 15) is 14.4 Å². The van der Waals surface area contributed by atoms with Gasteiger partial charge < -0.3 is 14.8 Å². The molecule has 0 fully saturated rings. The molecule has 6 heteroatoms. The van der Waals surface area contributed by atoms with Crippen LogP contribution < -0.4 is 5.32 Å². The number of carbonyl (C=O) groups is 3. The molecule has 3 aromatic carbocycles. The van der Waals surface area contributed by atoms with Crippen LogP contribution in [-0.4, -0.2) is 37.1 Å². The van der Waals surface area contributed by atoms with Crippen molar-refractivity contribution >= 4 is 17.8 Å². The second-order valence-corrected chi connectivity index (χ2v) is 10.7. The lowest BCUT2D eigenvalue weighted by Gasteiger charge is -2.26. The van der Waals surface area contributed by atoms with Crippen molar-refractivity contribution in [1.82, 2.24) is 5.32 Å². The van der Waals surface area contributed by atoms with Gasteiger partial charge in [0.25, 0.3) is 0 Å². The van der Waals surface area contributed by atoms with Crippen molar-refractivity contribution in [2.24, 2.45) is 11.8 Å². The molecule has 0 aromatic heterocycles. The maximum absolute atomic E-state index is 13.4. The van der Waals surface area contributed by atoms with Crippen LogP contribution in [0.2, 0.25) is 0 Å². The summed E-state index contributed by atoms with van der Waals surface area (Å²) in [5.41, 5.74) is 3.69. The van der Waals surface area contributed by atoms with E-state index in [1.54, 1.807) is 20.8 Å². The molecule has 39 heavy (non-hydrogen) atoms. The van der Waals surface area contributed by atoms with Gasteiger partial charge in [-0.2, -0.15) is 0 Å². The lowest BCUT2D eigenvalue weighted by atomic mass is 9.84. The molecular weight excluding hydrogens is 490 g/mol. The fourth-order valence-corrected chi connectivity index (χ4v) is 4.54. The Balaban J connectivity index is 1.69. The highest BCUT2D eigenvalue weighted by Gasteiger charge is 2.37. The highest BCUT2D eigenvalue weighted by atomic mass is 16.6. The Morgan fingerprint density at radius 3 is 1.90 bits per heavy atom. The number of aryl methyl sites for hydroxylation is 1. The molecule has 6 nitrogen and oxygen atoms in total. The van der Waals surface area contributed by atoms with Crippen molar-refractivity contribution < 1.29 is 23.9 Å². The predicted molar refractivity (Wildman–Crippen MR) is 153 cm³/mol. The second kappa shape index (κ2) is 14.3. The SMILES string of the molecule is COC(=O)C(CCc1ccccc1)C(CC(=O)OC(C)(C)C)C(=O)NCCc1ccc(-c2ccccc2)cc1. The van der Waals surface area contributed by atoms with Gasteiger partial charge in [0.1, 0.15) is 5.60 Å². The van der Waals surface area contributed by atoms with Crippen LogP contribution in [0, 0.1) is 11.8 Å². The molecule has 0 saturated heterocycles. The Morgan fingerprint density at radius 2 is 1.31 bits per heavy atom. The molecule has 0 aliphatic carbocycles. The van der Waals surface area contributed by atoms with E-state index in [2.05, 4.69) is 29.6 Å². The summed E-state index contributed by atoms with van der Waals surface area (Å²) in [6.45, 7) is 5.70. The van der Waals surface area contributed by atoms with E-state index in [-0.39, 0.29) is 12.3 Å². The molecule has 1 N–H and O–H groups in total. The average molecular weight is 530 g/mol. The van der Waals surface area contributed by atoms with Gasteiger partial charge in [-0.1, -0.05) is 84.9 Å². The van der Waals surface area contributed by atoms with Crippen LogP contribution in [0.25, 0.3) is 11.1 Å². The third-order valence-electron chi connectivity index (χ3n) is 6.49. The number of hydrogen-bond donors (Lipinski definition) is 1. The summed E-state index contributed by atoms with van der Waals surface area (Å²) in [4.78, 5) is 39.0. The summed E-state index contributed by atoms with van der Waals surface area (Å²) in [6, 6.07) is 28.1. The Bertz CT molecular complexity index is 1200. The standard InChI is InChI=1S/C33H39NO5/c1-33(2,3)39-30(35)23-29(28(32(37)38-4)20-17-24-11-7-5-8-12-24)31(36)34-22-21-25-15-18-27(19-16-25)26-13-9-6-10-14-26/h5-16,18-19,28-29H,17,20-23H2,1-4H3,(H,34,36). The maximum atomic E-state index is 13.4. The molecule has 0 aliphatic rings. The third kappa shape index (κ3) is 9.71. The van der Waals surface area contributed by atoms with Crippen molar-refractivity contribution in [3.63, 3.8) is 0 Å². The maximum Gasteiger partial charge on any atom is 0.309 e. The monoisotopic (exact) mass is 529 g/mol. The van der Waals surface area contributed by atoms with Crippen LogP contribution in [-0.2, 0) is 36.7 Å². The van der Waals surface area contributed by atoms with Crippen molar-refractivity contribution in [3.05, 3.63) is 96.1 Å². The van der Waals surface area contributed by atoms with Crippen molar-refractivity contribution in [2.75, 3.05) is 13.7 Å². The van der Waals surface area contributed by atoms with Crippen molar-refractivity contribution in [3.8, 4) is 11.1 Å². The first kappa shape index (κ1) is 29.6. The first-order valence-corrected chi connectivity index (χ1v) is 13.4. The van der Waals surface area contributed by atoms with Gasteiger partial charge in [-0.3, -0.25) is 14.4 Å². The van der Waals surface area contributed by atoms with Crippen LogP contribution in [0.1, 0.15) is 44.7 Å². The molecular formula is C33H39NO5. The zero-order chi connectivity index (χ0) is 28.3. The lowest BCUT2D eigenvalue weighted by Crippen LogP contribution is -2.41. The van der Waals surface area contributed by atoms with Crippen LogP contribution in [0.15, 0.2) is 84.9 Å². The summed E-state index contributed by atoms with van der Waals surface area (Å²) in [6.07, 6.45) is 1.36. The number of nitrogens with one attached hydrogen (secondary N) is 1. The third-order valence-corrected chi connectivity index (χ3v) is 6.49. The molecule has 2 atom stereocenters. The van der Waals surface area contributed by atoms with Gasteiger partial charge in [0, 0.05) is 6.54 Å². The summed E-state index contributed by atoms with van der Waals surface area (Å²) in [7, 11) is 1.30. The second-order valence-electron chi connectivity index (χ2n) is 10.7. The normalized spacial score (nSPS) is 12.7. The molecule has 3 aromatic rings. The number of hydrogen-bond acceptors (Lipinski definition) is 5. The van der Waals surface area contributed by atoms with E-state index in [0.29, 0.717) is 25.8 Å². The minimum Gasteiger partial charge on any atom is -0.469 e. The molecule has 0 radical (unpaired) electrons. The predicted octanol–water partition coefficient (Wildman–Crippen LogP) is 5.78. The first-order chi connectivity index (χ1) is 18.7. The smallest absolute Gasteiger partial charge is 0.309 e. The summed E-state index contributed by atoms with van der Waals surface area (Å²) in [5.74, 6) is -3.08. The topological polar surface area (TPSA) is 81.7 Å². The molecule has 2 unspecified atom stereocenters. The van der Waals surface area contributed by atoms with E-state index in [4.69, 9.17) is 9.47 Å². The van der Waals surface area contributed by atoms with E-state index >= 15 is 0 Å². The molecule has 0 heterocycles. The molecule has 1 amide bonds. The first-order valence-electron chi connectivity index (χ1n) is 13.4. The fraction of sp³-hybridized carbons (Fsp3) is 0.364. The molecule has 3 rings (SSSR count). The van der Waals surface area contributed by atoms with Gasteiger partial charge in [-0.05, 0) is 62.3 Å². The van der Waals surface area contributed by atoms with E-state index in [0.717, 1.165) is 22.3 Å². The van der Waals surface area contributed by atoms with Gasteiger partial charge in [-0.25, -0.2) is 0 Å². The van der Waals surface area contributed by atoms with Crippen molar-refractivity contribution in [1.29, 1.82) is 0 Å². The average Bonchev–Trinajstić information content (AvgIpc) is 2.92. The van der Waals surface area contributed by atoms with Gasteiger partial charge >= 0.3 is 11.9 Å². The zero-order valence-electron chi connectivity index (χ0n) is 23.3. The molecule has 0 spiro atoms. The van der Waals surface area contributed by atoms with Gasteiger partial charge in [-0.15, -0.1) is 0 Å². The fourth-order valence-electron chi connectivity index (χ4n) is 4.54. The van der Waals surface area contributed by atoms with Gasteiger partial charge in [0.2, 0.25) is 5.91 Å². The summed E-state index contributed by atoms with van der Waals surface area (Å²) < 4.78 is 10.6. The number of carbonyl (C=O) groups excluding carboxylic acids is 3. The minimum absolute atomic E-state index is 0.205. The number of amides is 1. The number of methoxy groups -OCH3 is 1. The van der Waals surface area contributed by atoms with Crippen LogP contribution in [0.4, 0.5) is 0 Å². The van der Waals surface area contributed by atoms with Crippen LogP contribution in [0.5, 0.6) is 0 Å². The summed E-state index contributed by atoms with van der Waals surface area (Å²) >= 11 is 0. The molecule has 0 saturated carbocycles. The molecule has 0 bridgehead atoms. The highest BCUT2D eigenvalue weighted by molar-refractivity contribution is 5.88. The van der Waals surface area contributed by atoms with Crippen LogP contribution in [0.3, 0.4) is 0 Å². The van der Waals surface area contributed by atoms with E-state index in [1.165, 1.54) is 7.11 Å². The Hall–Kier alpha value is -3.93. The molecule has 206 valence electrons. The highest BCUT2D eigenvalue weighted by Crippen LogP contribution is 2.26. The minimum atomic E-state index is -0.906. The largest absolute Gasteiger partial charge is 0.469 e.